The van der Waals surface area contributed by atoms with E-state index >= 15 is 0 Å². The molecule has 0 aromatic heterocycles. The van der Waals surface area contributed by atoms with Crippen molar-refractivity contribution in [1.82, 2.24) is 4.90 Å². The quantitative estimate of drug-likeness (QED) is 0.699. The zero-order chi connectivity index (χ0) is 9.68. The van der Waals surface area contributed by atoms with E-state index in [1.165, 1.54) is 25.7 Å². The van der Waals surface area contributed by atoms with Gasteiger partial charge < -0.3 is 5.11 Å². The summed E-state index contributed by atoms with van der Waals surface area (Å²) in [6, 6.07) is 0.778. The summed E-state index contributed by atoms with van der Waals surface area (Å²) < 4.78 is 0. The summed E-state index contributed by atoms with van der Waals surface area (Å²) in [6.45, 7) is 4.22. The van der Waals surface area contributed by atoms with Crippen LogP contribution in [0.5, 0.6) is 0 Å². The second-order valence-corrected chi connectivity index (χ2v) is 4.54. The molecule has 78 valence electrons. The van der Waals surface area contributed by atoms with Crippen molar-refractivity contribution in [2.75, 3.05) is 18.4 Å². The van der Waals surface area contributed by atoms with Gasteiger partial charge in [0.2, 0.25) is 0 Å². The zero-order valence-corrected chi connectivity index (χ0v) is 9.96. The number of alkyl halides is 1. The molecule has 13 heavy (non-hydrogen) atoms. The van der Waals surface area contributed by atoms with Crippen LogP contribution in [0.15, 0.2) is 0 Å². The highest BCUT2D eigenvalue weighted by Crippen LogP contribution is 2.27. The Bertz CT molecular complexity index is 139. The largest absolute Gasteiger partial charge is 0.391 e. The van der Waals surface area contributed by atoms with Gasteiger partial charge in [-0.3, -0.25) is 4.90 Å². The first-order valence-electron chi connectivity index (χ1n) is 5.26. The molecule has 0 spiro atoms. The average Bonchev–Trinajstić information content (AvgIpc) is 2.94. The molecule has 0 bridgehead atoms. The highest BCUT2D eigenvalue weighted by molar-refractivity contribution is 9.09. The number of aliphatic hydroxyl groups is 1. The lowest BCUT2D eigenvalue weighted by Gasteiger charge is -2.23. The lowest BCUT2D eigenvalue weighted by molar-refractivity contribution is 0.125. The first kappa shape index (κ1) is 11.5. The molecule has 3 heteroatoms. The molecule has 1 fully saturated rings. The minimum absolute atomic E-state index is 0.197. The van der Waals surface area contributed by atoms with Crippen LogP contribution in [0.3, 0.4) is 0 Å². The maximum Gasteiger partial charge on any atom is 0.0763 e. The number of unbranched alkanes of at least 4 members (excludes halogenated alkanes) is 1. The Hall–Kier alpha value is 0.400. The Morgan fingerprint density at radius 1 is 1.54 bits per heavy atom. The summed E-state index contributed by atoms with van der Waals surface area (Å²) in [5.41, 5.74) is 0. The van der Waals surface area contributed by atoms with Crippen molar-refractivity contribution in [3.63, 3.8) is 0 Å². The molecule has 1 aliphatic rings. The Morgan fingerprint density at radius 2 is 2.23 bits per heavy atom. The summed E-state index contributed by atoms with van der Waals surface area (Å²) in [5.74, 6) is 0. The van der Waals surface area contributed by atoms with Gasteiger partial charge in [-0.25, -0.2) is 0 Å². The number of rotatable bonds is 7. The third-order valence-electron chi connectivity index (χ3n) is 2.49. The van der Waals surface area contributed by atoms with Crippen LogP contribution in [0.1, 0.15) is 32.6 Å². The Balaban J connectivity index is 2.20. The fourth-order valence-corrected chi connectivity index (χ4v) is 1.75. The van der Waals surface area contributed by atoms with Gasteiger partial charge in [0.25, 0.3) is 0 Å². The number of nitrogens with zero attached hydrogens (tertiary/aromatic N) is 1. The molecule has 1 aliphatic carbocycles. The van der Waals surface area contributed by atoms with E-state index in [0.717, 1.165) is 19.1 Å². The summed E-state index contributed by atoms with van der Waals surface area (Å²) in [7, 11) is 0. The van der Waals surface area contributed by atoms with Crippen molar-refractivity contribution >= 4 is 15.9 Å². The van der Waals surface area contributed by atoms with E-state index in [1.807, 2.05) is 0 Å². The maximum atomic E-state index is 9.52. The number of halogens is 1. The van der Waals surface area contributed by atoms with Crippen LogP contribution in [0, 0.1) is 0 Å². The molecule has 1 rings (SSSR count). The van der Waals surface area contributed by atoms with Crippen molar-refractivity contribution in [2.24, 2.45) is 0 Å². The predicted molar refractivity (Wildman–Crippen MR) is 59.3 cm³/mol. The fraction of sp³-hybridized carbons (Fsp3) is 1.00. The highest BCUT2D eigenvalue weighted by Gasteiger charge is 2.29. The SMILES string of the molecule is CCCCN(CC(O)CBr)C1CC1. The van der Waals surface area contributed by atoms with E-state index in [-0.39, 0.29) is 6.10 Å². The standard InChI is InChI=1S/C10H20BrNO/c1-2-3-6-12(9-4-5-9)8-10(13)7-11/h9-10,13H,2-8H2,1H3. The number of hydrogen-bond donors (Lipinski definition) is 1. The smallest absolute Gasteiger partial charge is 0.0763 e. The molecule has 0 amide bonds. The van der Waals surface area contributed by atoms with E-state index in [4.69, 9.17) is 0 Å². The highest BCUT2D eigenvalue weighted by atomic mass is 79.9. The van der Waals surface area contributed by atoms with Gasteiger partial charge in [-0.15, -0.1) is 0 Å². The van der Waals surface area contributed by atoms with Gasteiger partial charge in [0.1, 0.15) is 0 Å². The van der Waals surface area contributed by atoms with E-state index < -0.39 is 0 Å². The molecule has 1 atom stereocenters. The molecule has 0 radical (unpaired) electrons. The second kappa shape index (κ2) is 5.99. The van der Waals surface area contributed by atoms with Gasteiger partial charge in [-0.05, 0) is 25.8 Å². The molecular formula is C10H20BrNO. The van der Waals surface area contributed by atoms with Crippen molar-refractivity contribution in [3.05, 3.63) is 0 Å². The number of aliphatic hydroxyl groups excluding tert-OH is 1. The first-order valence-corrected chi connectivity index (χ1v) is 6.38. The Morgan fingerprint density at radius 3 is 2.69 bits per heavy atom. The van der Waals surface area contributed by atoms with Crippen LogP contribution < -0.4 is 0 Å². The summed E-state index contributed by atoms with van der Waals surface area (Å²) >= 11 is 3.30. The molecule has 0 heterocycles. The van der Waals surface area contributed by atoms with Crippen LogP contribution >= 0.6 is 15.9 Å². The van der Waals surface area contributed by atoms with Crippen LogP contribution in [0.4, 0.5) is 0 Å². The van der Waals surface area contributed by atoms with Crippen LogP contribution in [-0.2, 0) is 0 Å². The monoisotopic (exact) mass is 249 g/mol. The number of hydrogen-bond acceptors (Lipinski definition) is 2. The molecule has 1 unspecified atom stereocenters. The first-order chi connectivity index (χ1) is 6.27. The summed E-state index contributed by atoms with van der Waals surface area (Å²) in [4.78, 5) is 2.44. The van der Waals surface area contributed by atoms with Crippen LogP contribution in [0.25, 0.3) is 0 Å². The lowest BCUT2D eigenvalue weighted by Crippen LogP contribution is -2.35. The molecule has 1 saturated carbocycles. The molecule has 1 N–H and O–H groups in total. The molecule has 0 aromatic rings. The van der Waals surface area contributed by atoms with E-state index in [1.54, 1.807) is 0 Å². The predicted octanol–water partition coefficient (Wildman–Crippen LogP) is 2.01. The second-order valence-electron chi connectivity index (χ2n) is 3.89. The van der Waals surface area contributed by atoms with E-state index in [9.17, 15) is 5.11 Å². The minimum Gasteiger partial charge on any atom is -0.391 e. The maximum absolute atomic E-state index is 9.52. The molecule has 0 saturated heterocycles. The van der Waals surface area contributed by atoms with Crippen molar-refractivity contribution in [1.29, 1.82) is 0 Å². The Labute approximate surface area is 89.4 Å². The third-order valence-corrected chi connectivity index (χ3v) is 3.23. The normalized spacial score (nSPS) is 19.4. The minimum atomic E-state index is -0.197. The van der Waals surface area contributed by atoms with Gasteiger partial charge in [-0.1, -0.05) is 29.3 Å². The van der Waals surface area contributed by atoms with E-state index in [0.29, 0.717) is 5.33 Å². The van der Waals surface area contributed by atoms with Gasteiger partial charge in [0, 0.05) is 17.9 Å². The van der Waals surface area contributed by atoms with Crippen LogP contribution in [0.2, 0.25) is 0 Å². The van der Waals surface area contributed by atoms with Crippen molar-refractivity contribution in [2.45, 2.75) is 44.8 Å². The topological polar surface area (TPSA) is 23.5 Å². The summed E-state index contributed by atoms with van der Waals surface area (Å²) in [5, 5.41) is 10.2. The zero-order valence-electron chi connectivity index (χ0n) is 8.38. The van der Waals surface area contributed by atoms with Crippen molar-refractivity contribution < 1.29 is 5.11 Å². The molecule has 0 aliphatic heterocycles. The van der Waals surface area contributed by atoms with E-state index in [2.05, 4.69) is 27.8 Å². The van der Waals surface area contributed by atoms with Gasteiger partial charge in [0.05, 0.1) is 6.10 Å². The van der Waals surface area contributed by atoms with Crippen molar-refractivity contribution in [3.8, 4) is 0 Å². The van der Waals surface area contributed by atoms with Gasteiger partial charge in [-0.2, -0.15) is 0 Å². The molecule has 0 aromatic carbocycles. The average molecular weight is 250 g/mol. The fourth-order valence-electron chi connectivity index (χ4n) is 1.54. The third kappa shape index (κ3) is 4.43. The Kier molecular flexibility index (Phi) is 5.29. The lowest BCUT2D eigenvalue weighted by atomic mass is 10.3. The van der Waals surface area contributed by atoms with Crippen LogP contribution in [-0.4, -0.2) is 40.6 Å². The van der Waals surface area contributed by atoms with Gasteiger partial charge in [0.15, 0.2) is 0 Å². The molecule has 2 nitrogen and oxygen atoms in total. The molecular weight excluding hydrogens is 230 g/mol. The van der Waals surface area contributed by atoms with Gasteiger partial charge >= 0.3 is 0 Å². The summed E-state index contributed by atoms with van der Waals surface area (Å²) in [6.07, 6.45) is 4.97.